The first kappa shape index (κ1) is 10.0. The van der Waals surface area contributed by atoms with Gasteiger partial charge in [-0.25, -0.2) is 0 Å². The standard InChI is InChI=1S/C8H16N2O/c1-4-5-11-7(2)8(9)6-10-3/h6H,4-5,9H2,1-3H3/b8-7-,10-6?. The van der Waals surface area contributed by atoms with E-state index in [9.17, 15) is 0 Å². The fourth-order valence-corrected chi connectivity index (χ4v) is 0.568. The second-order valence-electron chi connectivity index (χ2n) is 2.25. The van der Waals surface area contributed by atoms with Gasteiger partial charge in [0, 0.05) is 13.3 Å². The maximum absolute atomic E-state index is 5.57. The van der Waals surface area contributed by atoms with Crippen LogP contribution >= 0.6 is 0 Å². The van der Waals surface area contributed by atoms with Crippen LogP contribution in [0.1, 0.15) is 20.3 Å². The number of hydrogen-bond acceptors (Lipinski definition) is 3. The van der Waals surface area contributed by atoms with E-state index in [0.717, 1.165) is 12.2 Å². The Hall–Kier alpha value is -0.990. The lowest BCUT2D eigenvalue weighted by Crippen LogP contribution is -2.05. The fourth-order valence-electron chi connectivity index (χ4n) is 0.568. The van der Waals surface area contributed by atoms with Crippen molar-refractivity contribution in [2.45, 2.75) is 20.3 Å². The van der Waals surface area contributed by atoms with Crippen LogP contribution < -0.4 is 5.73 Å². The number of rotatable bonds is 4. The summed E-state index contributed by atoms with van der Waals surface area (Å²) in [6, 6.07) is 0. The van der Waals surface area contributed by atoms with E-state index in [1.54, 1.807) is 13.3 Å². The maximum Gasteiger partial charge on any atom is 0.117 e. The minimum Gasteiger partial charge on any atom is -0.496 e. The summed E-state index contributed by atoms with van der Waals surface area (Å²) in [5, 5.41) is 0. The molecule has 11 heavy (non-hydrogen) atoms. The highest BCUT2D eigenvalue weighted by molar-refractivity contribution is 5.77. The van der Waals surface area contributed by atoms with Crippen molar-refractivity contribution < 1.29 is 4.74 Å². The van der Waals surface area contributed by atoms with E-state index in [1.807, 2.05) is 6.92 Å². The van der Waals surface area contributed by atoms with Gasteiger partial charge in [-0.3, -0.25) is 4.99 Å². The molecule has 0 amide bonds. The third-order valence-electron chi connectivity index (χ3n) is 1.20. The van der Waals surface area contributed by atoms with Crippen molar-refractivity contribution >= 4 is 6.21 Å². The second-order valence-corrected chi connectivity index (χ2v) is 2.25. The van der Waals surface area contributed by atoms with Crippen LogP contribution in [0.3, 0.4) is 0 Å². The van der Waals surface area contributed by atoms with E-state index < -0.39 is 0 Å². The van der Waals surface area contributed by atoms with Crippen molar-refractivity contribution in [3.63, 3.8) is 0 Å². The molecule has 0 saturated heterocycles. The quantitative estimate of drug-likeness (QED) is 0.492. The summed E-state index contributed by atoms with van der Waals surface area (Å²) in [7, 11) is 1.68. The third-order valence-corrected chi connectivity index (χ3v) is 1.20. The summed E-state index contributed by atoms with van der Waals surface area (Å²) in [6.07, 6.45) is 2.58. The number of allylic oxidation sites excluding steroid dienone is 2. The summed E-state index contributed by atoms with van der Waals surface area (Å²) >= 11 is 0. The molecule has 0 fully saturated rings. The van der Waals surface area contributed by atoms with Crippen LogP contribution in [0, 0.1) is 0 Å². The van der Waals surface area contributed by atoms with Gasteiger partial charge in [0.25, 0.3) is 0 Å². The summed E-state index contributed by atoms with van der Waals surface area (Å²) in [5.74, 6) is 0.748. The highest BCUT2D eigenvalue weighted by atomic mass is 16.5. The van der Waals surface area contributed by atoms with Crippen molar-refractivity contribution in [3.05, 3.63) is 11.5 Å². The average molecular weight is 156 g/mol. The normalized spacial score (nSPS) is 13.4. The smallest absolute Gasteiger partial charge is 0.117 e. The van der Waals surface area contributed by atoms with Crippen LogP contribution in [-0.2, 0) is 4.74 Å². The third kappa shape index (κ3) is 4.42. The number of nitrogens with two attached hydrogens (primary N) is 1. The van der Waals surface area contributed by atoms with Gasteiger partial charge in [-0.1, -0.05) is 6.92 Å². The minimum absolute atomic E-state index is 0.598. The van der Waals surface area contributed by atoms with Crippen LogP contribution in [0.25, 0.3) is 0 Å². The molecule has 0 atom stereocenters. The Balaban J connectivity index is 3.94. The number of ether oxygens (including phenoxy) is 1. The van der Waals surface area contributed by atoms with Gasteiger partial charge in [-0.2, -0.15) is 0 Å². The SMILES string of the molecule is CCCO/C(C)=C(\N)C=NC. The Labute approximate surface area is 68.0 Å². The molecule has 0 aromatic carbocycles. The second kappa shape index (κ2) is 5.77. The molecular weight excluding hydrogens is 140 g/mol. The molecule has 0 aromatic rings. The number of nitrogens with zero attached hydrogens (tertiary/aromatic N) is 1. The minimum atomic E-state index is 0.598. The lowest BCUT2D eigenvalue weighted by atomic mass is 10.4. The zero-order valence-corrected chi connectivity index (χ0v) is 7.42. The van der Waals surface area contributed by atoms with E-state index in [-0.39, 0.29) is 0 Å². The Morgan fingerprint density at radius 2 is 2.27 bits per heavy atom. The maximum atomic E-state index is 5.57. The van der Waals surface area contributed by atoms with E-state index in [1.165, 1.54) is 0 Å². The Bertz CT molecular complexity index is 161. The molecule has 0 heterocycles. The predicted octanol–water partition coefficient (Wildman–Crippen LogP) is 1.30. The molecule has 64 valence electrons. The van der Waals surface area contributed by atoms with Gasteiger partial charge in [0.2, 0.25) is 0 Å². The number of hydrogen-bond donors (Lipinski definition) is 1. The number of aliphatic imine (C=N–C) groups is 1. The monoisotopic (exact) mass is 156 g/mol. The van der Waals surface area contributed by atoms with E-state index in [2.05, 4.69) is 11.9 Å². The molecular formula is C8H16N2O. The first-order chi connectivity index (χ1) is 5.22. The van der Waals surface area contributed by atoms with Gasteiger partial charge < -0.3 is 10.5 Å². The lowest BCUT2D eigenvalue weighted by Gasteiger charge is -2.05. The van der Waals surface area contributed by atoms with Crippen molar-refractivity contribution in [3.8, 4) is 0 Å². The average Bonchev–Trinajstić information content (AvgIpc) is 2.00. The molecule has 0 rings (SSSR count). The molecule has 0 spiro atoms. The van der Waals surface area contributed by atoms with Gasteiger partial charge in [-0.15, -0.1) is 0 Å². The summed E-state index contributed by atoms with van der Waals surface area (Å²) < 4.78 is 5.27. The summed E-state index contributed by atoms with van der Waals surface area (Å²) in [5.41, 5.74) is 6.17. The van der Waals surface area contributed by atoms with Crippen LogP contribution in [0.15, 0.2) is 16.4 Å². The Morgan fingerprint density at radius 1 is 1.64 bits per heavy atom. The Morgan fingerprint density at radius 3 is 2.73 bits per heavy atom. The zero-order valence-electron chi connectivity index (χ0n) is 7.42. The lowest BCUT2D eigenvalue weighted by molar-refractivity contribution is 0.212. The zero-order chi connectivity index (χ0) is 8.69. The van der Waals surface area contributed by atoms with Crippen LogP contribution in [-0.4, -0.2) is 19.9 Å². The van der Waals surface area contributed by atoms with Crippen LogP contribution in [0.2, 0.25) is 0 Å². The fraction of sp³-hybridized carbons (Fsp3) is 0.625. The first-order valence-electron chi connectivity index (χ1n) is 3.73. The van der Waals surface area contributed by atoms with Crippen molar-refractivity contribution in [2.75, 3.05) is 13.7 Å². The molecule has 0 aromatic heterocycles. The largest absolute Gasteiger partial charge is 0.496 e. The van der Waals surface area contributed by atoms with Crippen molar-refractivity contribution in [2.24, 2.45) is 10.7 Å². The molecule has 3 heteroatoms. The molecule has 0 bridgehead atoms. The molecule has 0 radical (unpaired) electrons. The Kier molecular flexibility index (Phi) is 5.25. The van der Waals surface area contributed by atoms with Gasteiger partial charge in [0.15, 0.2) is 0 Å². The highest BCUT2D eigenvalue weighted by Gasteiger charge is 1.93. The molecule has 0 unspecified atom stereocenters. The first-order valence-corrected chi connectivity index (χ1v) is 3.73. The highest BCUT2D eigenvalue weighted by Crippen LogP contribution is 1.98. The van der Waals surface area contributed by atoms with E-state index >= 15 is 0 Å². The van der Waals surface area contributed by atoms with Crippen molar-refractivity contribution in [1.29, 1.82) is 0 Å². The van der Waals surface area contributed by atoms with Crippen LogP contribution in [0.4, 0.5) is 0 Å². The van der Waals surface area contributed by atoms with E-state index in [4.69, 9.17) is 10.5 Å². The topological polar surface area (TPSA) is 47.6 Å². The summed E-state index contributed by atoms with van der Waals surface area (Å²) in [6.45, 7) is 4.61. The molecule has 0 saturated carbocycles. The summed E-state index contributed by atoms with van der Waals surface area (Å²) in [4.78, 5) is 3.78. The molecule has 3 nitrogen and oxygen atoms in total. The molecule has 2 N–H and O–H groups in total. The van der Waals surface area contributed by atoms with Crippen LogP contribution in [0.5, 0.6) is 0 Å². The van der Waals surface area contributed by atoms with Gasteiger partial charge in [0.05, 0.1) is 12.3 Å². The van der Waals surface area contributed by atoms with Gasteiger partial charge in [0.1, 0.15) is 5.76 Å². The van der Waals surface area contributed by atoms with Crippen molar-refractivity contribution in [1.82, 2.24) is 0 Å². The molecule has 0 aliphatic heterocycles. The molecule has 0 aliphatic carbocycles. The van der Waals surface area contributed by atoms with Gasteiger partial charge >= 0.3 is 0 Å². The van der Waals surface area contributed by atoms with Gasteiger partial charge in [-0.05, 0) is 13.3 Å². The molecule has 0 aliphatic rings. The van der Waals surface area contributed by atoms with E-state index in [0.29, 0.717) is 12.3 Å². The predicted molar refractivity (Wildman–Crippen MR) is 47.5 cm³/mol.